The third-order valence-electron chi connectivity index (χ3n) is 3.32. The predicted octanol–water partition coefficient (Wildman–Crippen LogP) is 2.60. The van der Waals surface area contributed by atoms with E-state index in [0.717, 1.165) is 42.9 Å². The van der Waals surface area contributed by atoms with E-state index in [1.54, 1.807) is 0 Å². The minimum atomic E-state index is 0.714. The summed E-state index contributed by atoms with van der Waals surface area (Å²) in [6, 6.07) is 6.32. The van der Waals surface area contributed by atoms with Crippen molar-refractivity contribution in [3.63, 3.8) is 0 Å². The SMILES string of the molecule is CCOc1cc(Br)ccc1CN1CCN(C)CC1. The summed E-state index contributed by atoms with van der Waals surface area (Å²) in [4.78, 5) is 4.87. The maximum Gasteiger partial charge on any atom is 0.124 e. The number of piperazine rings is 1. The fourth-order valence-electron chi connectivity index (χ4n) is 2.20. The van der Waals surface area contributed by atoms with Crippen LogP contribution in [0.3, 0.4) is 0 Å². The van der Waals surface area contributed by atoms with Crippen molar-refractivity contribution < 1.29 is 4.74 Å². The standard InChI is InChI=1S/C14H21BrN2O/c1-3-18-14-10-13(15)5-4-12(14)11-17-8-6-16(2)7-9-17/h4-5,10H,3,6-9,11H2,1-2H3. The third kappa shape index (κ3) is 3.70. The molecule has 2 rings (SSSR count). The van der Waals surface area contributed by atoms with E-state index in [0.29, 0.717) is 6.61 Å². The normalized spacial score (nSPS) is 17.9. The average Bonchev–Trinajstić information content (AvgIpc) is 2.36. The van der Waals surface area contributed by atoms with E-state index >= 15 is 0 Å². The molecule has 4 heteroatoms. The lowest BCUT2D eigenvalue weighted by molar-refractivity contribution is 0.146. The van der Waals surface area contributed by atoms with Crippen LogP contribution in [0.2, 0.25) is 0 Å². The second-order valence-corrected chi connectivity index (χ2v) is 5.68. The maximum atomic E-state index is 5.71. The Labute approximate surface area is 118 Å². The van der Waals surface area contributed by atoms with Crippen LogP contribution in [0.1, 0.15) is 12.5 Å². The Bertz CT molecular complexity index is 389. The summed E-state index contributed by atoms with van der Waals surface area (Å²) in [7, 11) is 2.18. The Morgan fingerprint density at radius 2 is 1.94 bits per heavy atom. The highest BCUT2D eigenvalue weighted by Gasteiger charge is 2.15. The molecule has 0 radical (unpaired) electrons. The van der Waals surface area contributed by atoms with Gasteiger partial charge in [0, 0.05) is 42.8 Å². The summed E-state index contributed by atoms with van der Waals surface area (Å²) >= 11 is 3.50. The average molecular weight is 313 g/mol. The van der Waals surface area contributed by atoms with Crippen LogP contribution in [0.25, 0.3) is 0 Å². The summed E-state index contributed by atoms with van der Waals surface area (Å²) in [6.45, 7) is 8.31. The van der Waals surface area contributed by atoms with Crippen molar-refractivity contribution in [3.05, 3.63) is 28.2 Å². The Balaban J connectivity index is 2.03. The lowest BCUT2D eigenvalue weighted by Gasteiger charge is -2.32. The van der Waals surface area contributed by atoms with Gasteiger partial charge >= 0.3 is 0 Å². The largest absolute Gasteiger partial charge is 0.494 e. The predicted molar refractivity (Wildman–Crippen MR) is 78.1 cm³/mol. The number of rotatable bonds is 4. The first-order chi connectivity index (χ1) is 8.69. The zero-order valence-corrected chi connectivity index (χ0v) is 12.7. The lowest BCUT2D eigenvalue weighted by Crippen LogP contribution is -2.43. The number of ether oxygens (including phenoxy) is 1. The Morgan fingerprint density at radius 1 is 1.22 bits per heavy atom. The van der Waals surface area contributed by atoms with Crippen molar-refractivity contribution in [3.8, 4) is 5.75 Å². The van der Waals surface area contributed by atoms with Crippen LogP contribution in [0.15, 0.2) is 22.7 Å². The molecular formula is C14H21BrN2O. The Kier molecular flexibility index (Phi) is 5.03. The van der Waals surface area contributed by atoms with E-state index in [-0.39, 0.29) is 0 Å². The molecule has 0 atom stereocenters. The molecule has 1 aliphatic rings. The van der Waals surface area contributed by atoms with Gasteiger partial charge in [0.1, 0.15) is 5.75 Å². The van der Waals surface area contributed by atoms with Crippen LogP contribution >= 0.6 is 15.9 Å². The molecule has 1 fully saturated rings. The molecule has 0 aromatic heterocycles. The van der Waals surface area contributed by atoms with Crippen molar-refractivity contribution in [2.24, 2.45) is 0 Å². The molecule has 0 aliphatic carbocycles. The van der Waals surface area contributed by atoms with E-state index < -0.39 is 0 Å². The van der Waals surface area contributed by atoms with Gasteiger partial charge in [-0.15, -0.1) is 0 Å². The highest BCUT2D eigenvalue weighted by molar-refractivity contribution is 9.10. The zero-order valence-electron chi connectivity index (χ0n) is 11.2. The Morgan fingerprint density at radius 3 is 2.61 bits per heavy atom. The molecule has 1 aliphatic heterocycles. The maximum absolute atomic E-state index is 5.71. The highest BCUT2D eigenvalue weighted by atomic mass is 79.9. The first-order valence-corrected chi connectivity index (χ1v) is 7.30. The second kappa shape index (κ2) is 6.55. The molecule has 0 spiro atoms. The number of benzene rings is 1. The van der Waals surface area contributed by atoms with Crippen molar-refractivity contribution in [1.29, 1.82) is 0 Å². The number of hydrogen-bond acceptors (Lipinski definition) is 3. The number of likely N-dealkylation sites (N-methyl/N-ethyl adjacent to an activating group) is 1. The smallest absolute Gasteiger partial charge is 0.124 e. The molecule has 100 valence electrons. The van der Waals surface area contributed by atoms with E-state index in [9.17, 15) is 0 Å². The molecule has 1 saturated heterocycles. The van der Waals surface area contributed by atoms with E-state index in [1.807, 2.05) is 6.92 Å². The molecule has 0 N–H and O–H groups in total. The van der Waals surface area contributed by atoms with Crippen LogP contribution in [0, 0.1) is 0 Å². The van der Waals surface area contributed by atoms with Crippen molar-refractivity contribution in [2.75, 3.05) is 39.8 Å². The third-order valence-corrected chi connectivity index (χ3v) is 3.81. The van der Waals surface area contributed by atoms with Gasteiger partial charge in [0.2, 0.25) is 0 Å². The first-order valence-electron chi connectivity index (χ1n) is 6.51. The fourth-order valence-corrected chi connectivity index (χ4v) is 2.54. The van der Waals surface area contributed by atoms with Gasteiger partial charge in [0.25, 0.3) is 0 Å². The van der Waals surface area contributed by atoms with Gasteiger partial charge in [-0.25, -0.2) is 0 Å². The fraction of sp³-hybridized carbons (Fsp3) is 0.571. The van der Waals surface area contributed by atoms with E-state index in [4.69, 9.17) is 4.74 Å². The minimum Gasteiger partial charge on any atom is -0.494 e. The minimum absolute atomic E-state index is 0.714. The monoisotopic (exact) mass is 312 g/mol. The molecule has 18 heavy (non-hydrogen) atoms. The quantitative estimate of drug-likeness (QED) is 0.850. The highest BCUT2D eigenvalue weighted by Crippen LogP contribution is 2.25. The number of hydrogen-bond donors (Lipinski definition) is 0. The van der Waals surface area contributed by atoms with Crippen molar-refractivity contribution in [1.82, 2.24) is 9.80 Å². The van der Waals surface area contributed by atoms with Gasteiger partial charge in [-0.3, -0.25) is 4.90 Å². The molecule has 0 amide bonds. The number of nitrogens with zero attached hydrogens (tertiary/aromatic N) is 2. The van der Waals surface area contributed by atoms with Crippen LogP contribution in [-0.4, -0.2) is 49.6 Å². The van der Waals surface area contributed by atoms with Gasteiger partial charge < -0.3 is 9.64 Å². The van der Waals surface area contributed by atoms with Crippen molar-refractivity contribution in [2.45, 2.75) is 13.5 Å². The molecule has 0 bridgehead atoms. The summed E-state index contributed by atoms with van der Waals surface area (Å²) in [5, 5.41) is 0. The summed E-state index contributed by atoms with van der Waals surface area (Å²) in [5.74, 6) is 1.01. The summed E-state index contributed by atoms with van der Waals surface area (Å²) in [5.41, 5.74) is 1.28. The zero-order chi connectivity index (χ0) is 13.0. The van der Waals surface area contributed by atoms with Crippen molar-refractivity contribution >= 4 is 15.9 Å². The van der Waals surface area contributed by atoms with Crippen LogP contribution in [0.4, 0.5) is 0 Å². The second-order valence-electron chi connectivity index (χ2n) is 4.76. The molecular weight excluding hydrogens is 292 g/mol. The van der Waals surface area contributed by atoms with Gasteiger partial charge in [-0.1, -0.05) is 22.0 Å². The van der Waals surface area contributed by atoms with E-state index in [1.165, 1.54) is 5.56 Å². The summed E-state index contributed by atoms with van der Waals surface area (Å²) < 4.78 is 6.79. The number of halogens is 1. The van der Waals surface area contributed by atoms with Crippen LogP contribution in [-0.2, 0) is 6.54 Å². The Hall–Kier alpha value is -0.580. The molecule has 1 aromatic carbocycles. The topological polar surface area (TPSA) is 15.7 Å². The van der Waals surface area contributed by atoms with Gasteiger partial charge in [-0.05, 0) is 26.1 Å². The van der Waals surface area contributed by atoms with Crippen LogP contribution in [0.5, 0.6) is 5.75 Å². The van der Waals surface area contributed by atoms with Crippen LogP contribution < -0.4 is 4.74 Å². The summed E-state index contributed by atoms with van der Waals surface area (Å²) in [6.07, 6.45) is 0. The molecule has 3 nitrogen and oxygen atoms in total. The van der Waals surface area contributed by atoms with Gasteiger partial charge in [0.15, 0.2) is 0 Å². The molecule has 0 saturated carbocycles. The molecule has 0 unspecified atom stereocenters. The van der Waals surface area contributed by atoms with E-state index in [2.05, 4.69) is 51.0 Å². The first kappa shape index (κ1) is 13.8. The lowest BCUT2D eigenvalue weighted by atomic mass is 10.1. The van der Waals surface area contributed by atoms with Gasteiger partial charge in [-0.2, -0.15) is 0 Å². The molecule has 1 heterocycles. The molecule has 1 aromatic rings. The van der Waals surface area contributed by atoms with Gasteiger partial charge in [0.05, 0.1) is 6.61 Å².